The van der Waals surface area contributed by atoms with Crippen molar-refractivity contribution >= 4 is 5.78 Å². The van der Waals surface area contributed by atoms with Gasteiger partial charge in [-0.15, -0.1) is 0 Å². The zero-order valence-corrected chi connectivity index (χ0v) is 6.19. The number of rotatable bonds is 1. The lowest BCUT2D eigenvalue weighted by Crippen LogP contribution is -1.99. The molecule has 1 rings (SSSR count). The van der Waals surface area contributed by atoms with Crippen molar-refractivity contribution < 1.29 is 4.79 Å². The lowest BCUT2D eigenvalue weighted by molar-refractivity contribution is -0.118. The summed E-state index contributed by atoms with van der Waals surface area (Å²) in [5.41, 5.74) is 1.20. The van der Waals surface area contributed by atoms with E-state index in [1.54, 1.807) is 6.92 Å². The van der Waals surface area contributed by atoms with Gasteiger partial charge >= 0.3 is 0 Å². The highest BCUT2D eigenvalue weighted by Gasteiger charge is 2.53. The highest BCUT2D eigenvalue weighted by atomic mass is 16.1. The smallest absolute Gasteiger partial charge is 0.137 e. The van der Waals surface area contributed by atoms with E-state index in [0.29, 0.717) is 0 Å². The van der Waals surface area contributed by atoms with Crippen LogP contribution in [0.1, 0.15) is 20.8 Å². The van der Waals surface area contributed by atoms with Crippen LogP contribution in [-0.4, -0.2) is 5.78 Å². The quantitative estimate of drug-likeness (QED) is 0.487. The van der Waals surface area contributed by atoms with Crippen LogP contribution in [-0.2, 0) is 4.79 Å². The van der Waals surface area contributed by atoms with Crippen molar-refractivity contribution in [2.75, 3.05) is 0 Å². The SMILES string of the molecule is C=C1C(C(C)=O)C1(C)C. The van der Waals surface area contributed by atoms with Gasteiger partial charge in [-0.1, -0.05) is 26.0 Å². The third-order valence-corrected chi connectivity index (χ3v) is 2.22. The van der Waals surface area contributed by atoms with Crippen LogP contribution in [0.15, 0.2) is 12.2 Å². The average molecular weight is 124 g/mol. The summed E-state index contributed by atoms with van der Waals surface area (Å²) in [6, 6.07) is 0. The molecule has 0 spiro atoms. The minimum atomic E-state index is 0.103. The Morgan fingerprint density at radius 2 is 2.00 bits per heavy atom. The maximum Gasteiger partial charge on any atom is 0.137 e. The Kier molecular flexibility index (Phi) is 1.06. The fraction of sp³-hybridized carbons (Fsp3) is 0.625. The zero-order chi connectivity index (χ0) is 7.23. The van der Waals surface area contributed by atoms with Crippen LogP contribution in [0.2, 0.25) is 0 Å². The Bertz CT molecular complexity index is 177. The second-order valence-corrected chi connectivity index (χ2v) is 3.29. The highest BCUT2D eigenvalue weighted by Crippen LogP contribution is 2.56. The number of Topliss-reactive ketones (excluding diaryl/α,β-unsaturated/α-hetero) is 1. The van der Waals surface area contributed by atoms with E-state index in [1.165, 1.54) is 0 Å². The number of carbonyl (C=O) groups is 1. The van der Waals surface area contributed by atoms with Gasteiger partial charge in [0.25, 0.3) is 0 Å². The third kappa shape index (κ3) is 0.716. The summed E-state index contributed by atoms with van der Waals surface area (Å²) in [7, 11) is 0. The van der Waals surface area contributed by atoms with E-state index in [-0.39, 0.29) is 17.1 Å². The normalized spacial score (nSPS) is 30.1. The van der Waals surface area contributed by atoms with Gasteiger partial charge < -0.3 is 0 Å². The summed E-state index contributed by atoms with van der Waals surface area (Å²) in [6.07, 6.45) is 0. The molecule has 9 heavy (non-hydrogen) atoms. The molecule has 0 radical (unpaired) electrons. The molecule has 0 aromatic carbocycles. The molecule has 1 unspecified atom stereocenters. The molecule has 0 saturated heterocycles. The standard InChI is InChI=1S/C8H12O/c1-5-7(6(2)9)8(5,3)4/h7H,1H2,2-4H3. The second-order valence-electron chi connectivity index (χ2n) is 3.29. The lowest BCUT2D eigenvalue weighted by atomic mass is 10.1. The number of hydrogen-bond donors (Lipinski definition) is 0. The molecule has 0 bridgehead atoms. The summed E-state index contributed by atoms with van der Waals surface area (Å²) in [6.45, 7) is 9.54. The van der Waals surface area contributed by atoms with E-state index in [9.17, 15) is 4.79 Å². The van der Waals surface area contributed by atoms with Crippen LogP contribution < -0.4 is 0 Å². The number of ketones is 1. The number of hydrogen-bond acceptors (Lipinski definition) is 1. The molecule has 50 valence electrons. The van der Waals surface area contributed by atoms with Gasteiger partial charge in [-0.2, -0.15) is 0 Å². The first-order valence-electron chi connectivity index (χ1n) is 3.17. The van der Waals surface area contributed by atoms with Crippen LogP contribution in [0.5, 0.6) is 0 Å². The van der Waals surface area contributed by atoms with Crippen molar-refractivity contribution in [2.24, 2.45) is 11.3 Å². The number of carbonyl (C=O) groups excluding carboxylic acids is 1. The van der Waals surface area contributed by atoms with Crippen molar-refractivity contribution in [3.8, 4) is 0 Å². The van der Waals surface area contributed by atoms with Crippen LogP contribution >= 0.6 is 0 Å². The lowest BCUT2D eigenvalue weighted by Gasteiger charge is -1.94. The fourth-order valence-electron chi connectivity index (χ4n) is 1.39. The van der Waals surface area contributed by atoms with Gasteiger partial charge in [-0.25, -0.2) is 0 Å². The van der Waals surface area contributed by atoms with Gasteiger partial charge in [0.2, 0.25) is 0 Å². The molecule has 1 nitrogen and oxygen atoms in total. The first-order chi connectivity index (χ1) is 3.98. The molecule has 1 fully saturated rings. The maximum absolute atomic E-state index is 10.8. The summed E-state index contributed by atoms with van der Waals surface area (Å²) in [4.78, 5) is 10.8. The molecule has 1 heteroatoms. The average Bonchev–Trinajstić information content (AvgIpc) is 2.07. The molecule has 0 N–H and O–H groups in total. The summed E-state index contributed by atoms with van der Waals surface area (Å²) in [5, 5.41) is 0. The van der Waals surface area contributed by atoms with Crippen molar-refractivity contribution in [3.05, 3.63) is 12.2 Å². The molecule has 0 aliphatic heterocycles. The van der Waals surface area contributed by atoms with Crippen molar-refractivity contribution in [2.45, 2.75) is 20.8 Å². The predicted molar refractivity (Wildman–Crippen MR) is 37.1 cm³/mol. The molecule has 1 aliphatic carbocycles. The maximum atomic E-state index is 10.8. The molecule has 1 atom stereocenters. The summed E-state index contributed by atoms with van der Waals surface area (Å²) in [5.74, 6) is 0.405. The Balaban J connectivity index is 2.74. The zero-order valence-electron chi connectivity index (χ0n) is 6.19. The van der Waals surface area contributed by atoms with Gasteiger partial charge in [0.15, 0.2) is 0 Å². The van der Waals surface area contributed by atoms with Crippen molar-refractivity contribution in [1.29, 1.82) is 0 Å². The fourth-order valence-corrected chi connectivity index (χ4v) is 1.39. The van der Waals surface area contributed by atoms with E-state index in [4.69, 9.17) is 0 Å². The van der Waals surface area contributed by atoms with E-state index in [2.05, 4.69) is 20.4 Å². The minimum absolute atomic E-state index is 0.103. The summed E-state index contributed by atoms with van der Waals surface area (Å²) >= 11 is 0. The molecule has 0 aromatic heterocycles. The third-order valence-electron chi connectivity index (χ3n) is 2.22. The van der Waals surface area contributed by atoms with Crippen LogP contribution in [0.3, 0.4) is 0 Å². The minimum Gasteiger partial charge on any atom is -0.299 e. The molecule has 0 aromatic rings. The molecular formula is C8H12O. The Labute approximate surface area is 55.8 Å². The first kappa shape index (κ1) is 6.53. The second kappa shape index (κ2) is 1.47. The molecule has 1 aliphatic rings. The van der Waals surface area contributed by atoms with E-state index >= 15 is 0 Å². The Morgan fingerprint density at radius 3 is 2.00 bits per heavy atom. The largest absolute Gasteiger partial charge is 0.299 e. The van der Waals surface area contributed by atoms with E-state index < -0.39 is 0 Å². The topological polar surface area (TPSA) is 17.1 Å². The monoisotopic (exact) mass is 124 g/mol. The Morgan fingerprint density at radius 1 is 1.67 bits per heavy atom. The van der Waals surface area contributed by atoms with Crippen molar-refractivity contribution in [3.63, 3.8) is 0 Å². The number of allylic oxidation sites excluding steroid dienone is 1. The van der Waals surface area contributed by atoms with Gasteiger partial charge in [0.05, 0.1) is 0 Å². The van der Waals surface area contributed by atoms with Gasteiger partial charge in [0.1, 0.15) is 5.78 Å². The molecule has 1 saturated carbocycles. The van der Waals surface area contributed by atoms with Crippen LogP contribution in [0.4, 0.5) is 0 Å². The first-order valence-corrected chi connectivity index (χ1v) is 3.17. The van der Waals surface area contributed by atoms with E-state index in [0.717, 1.165) is 5.57 Å². The van der Waals surface area contributed by atoms with Gasteiger partial charge in [-0.3, -0.25) is 4.79 Å². The molecular weight excluding hydrogens is 112 g/mol. The van der Waals surface area contributed by atoms with Crippen molar-refractivity contribution in [1.82, 2.24) is 0 Å². The highest BCUT2D eigenvalue weighted by molar-refractivity contribution is 5.87. The van der Waals surface area contributed by atoms with Gasteiger partial charge in [-0.05, 0) is 12.3 Å². The van der Waals surface area contributed by atoms with E-state index in [1.807, 2.05) is 0 Å². The van der Waals surface area contributed by atoms with Crippen LogP contribution in [0, 0.1) is 11.3 Å². The molecule has 0 heterocycles. The van der Waals surface area contributed by atoms with Crippen LogP contribution in [0.25, 0.3) is 0 Å². The Hall–Kier alpha value is -0.590. The summed E-state index contributed by atoms with van der Waals surface area (Å²) < 4.78 is 0. The predicted octanol–water partition coefficient (Wildman–Crippen LogP) is 1.79. The molecule has 0 amide bonds. The van der Waals surface area contributed by atoms with Gasteiger partial charge in [0, 0.05) is 5.92 Å².